The molecule has 1 saturated heterocycles. The fourth-order valence-corrected chi connectivity index (χ4v) is 2.12. The summed E-state index contributed by atoms with van der Waals surface area (Å²) < 4.78 is 5.01. The summed E-state index contributed by atoms with van der Waals surface area (Å²) in [5.74, 6) is -0.0868. The van der Waals surface area contributed by atoms with E-state index < -0.39 is 0 Å². The van der Waals surface area contributed by atoms with Crippen LogP contribution in [0.5, 0.6) is 0 Å². The highest BCUT2D eigenvalue weighted by molar-refractivity contribution is 5.76. The molecular formula is C11H21NO2. The molecule has 0 aromatic heterocycles. The van der Waals surface area contributed by atoms with Gasteiger partial charge in [0, 0.05) is 6.54 Å². The molecule has 3 nitrogen and oxygen atoms in total. The van der Waals surface area contributed by atoms with E-state index in [9.17, 15) is 4.79 Å². The number of carbonyl (C=O) groups is 1. The molecule has 1 aliphatic rings. The second-order valence-corrected chi connectivity index (χ2v) is 4.10. The molecule has 0 amide bonds. The molecule has 0 saturated carbocycles. The summed E-state index contributed by atoms with van der Waals surface area (Å²) >= 11 is 0. The first-order chi connectivity index (χ1) is 6.67. The SMILES string of the molecule is CCOC(=O)[C@@H]1CC(CC)(CC)CN1. The molecule has 1 rings (SSSR count). The van der Waals surface area contributed by atoms with Gasteiger partial charge in [0.15, 0.2) is 0 Å². The predicted molar refractivity (Wildman–Crippen MR) is 56.1 cm³/mol. The summed E-state index contributed by atoms with van der Waals surface area (Å²) in [5, 5.41) is 3.26. The van der Waals surface area contributed by atoms with E-state index in [-0.39, 0.29) is 12.0 Å². The first kappa shape index (κ1) is 11.5. The molecule has 14 heavy (non-hydrogen) atoms. The highest BCUT2D eigenvalue weighted by Gasteiger charge is 2.39. The lowest BCUT2D eigenvalue weighted by molar-refractivity contribution is -0.145. The van der Waals surface area contributed by atoms with Gasteiger partial charge >= 0.3 is 5.97 Å². The fraction of sp³-hybridized carbons (Fsp3) is 0.909. The lowest BCUT2D eigenvalue weighted by Gasteiger charge is -2.24. The summed E-state index contributed by atoms with van der Waals surface area (Å²) in [4.78, 5) is 11.5. The third-order valence-corrected chi connectivity index (χ3v) is 3.43. The van der Waals surface area contributed by atoms with Gasteiger partial charge in [0.1, 0.15) is 6.04 Å². The van der Waals surface area contributed by atoms with Crippen molar-refractivity contribution in [3.63, 3.8) is 0 Å². The van der Waals surface area contributed by atoms with Gasteiger partial charge in [-0.05, 0) is 31.6 Å². The Kier molecular flexibility index (Phi) is 3.93. The zero-order chi connectivity index (χ0) is 10.6. The Labute approximate surface area is 86.2 Å². The van der Waals surface area contributed by atoms with Gasteiger partial charge in [-0.2, -0.15) is 0 Å². The highest BCUT2D eigenvalue weighted by atomic mass is 16.5. The van der Waals surface area contributed by atoms with Crippen LogP contribution in [-0.4, -0.2) is 25.2 Å². The number of hydrogen-bond acceptors (Lipinski definition) is 3. The molecule has 0 radical (unpaired) electrons. The van der Waals surface area contributed by atoms with Gasteiger partial charge in [-0.3, -0.25) is 4.79 Å². The number of hydrogen-bond donors (Lipinski definition) is 1. The molecule has 1 fully saturated rings. The molecular weight excluding hydrogens is 178 g/mol. The Morgan fingerprint density at radius 1 is 1.43 bits per heavy atom. The lowest BCUT2D eigenvalue weighted by Crippen LogP contribution is -2.32. The summed E-state index contributed by atoms with van der Waals surface area (Å²) in [6.45, 7) is 7.66. The van der Waals surface area contributed by atoms with E-state index in [0.717, 1.165) is 25.8 Å². The van der Waals surface area contributed by atoms with E-state index in [1.54, 1.807) is 0 Å². The third kappa shape index (κ3) is 2.27. The molecule has 1 N–H and O–H groups in total. The van der Waals surface area contributed by atoms with Crippen LogP contribution in [0.25, 0.3) is 0 Å². The molecule has 1 aliphatic heterocycles. The molecule has 1 atom stereocenters. The number of esters is 1. The van der Waals surface area contributed by atoms with E-state index in [2.05, 4.69) is 19.2 Å². The lowest BCUT2D eigenvalue weighted by atomic mass is 9.80. The third-order valence-electron chi connectivity index (χ3n) is 3.43. The molecule has 1 heterocycles. The van der Waals surface area contributed by atoms with Gasteiger partial charge in [0.2, 0.25) is 0 Å². The van der Waals surface area contributed by atoms with Crippen molar-refractivity contribution in [1.82, 2.24) is 5.32 Å². The topological polar surface area (TPSA) is 38.3 Å². The average molecular weight is 199 g/mol. The van der Waals surface area contributed by atoms with E-state index in [0.29, 0.717) is 12.0 Å². The summed E-state index contributed by atoms with van der Waals surface area (Å²) in [5.41, 5.74) is 0.317. The first-order valence-electron chi connectivity index (χ1n) is 5.57. The maximum Gasteiger partial charge on any atom is 0.323 e. The normalized spacial score (nSPS) is 24.9. The van der Waals surface area contributed by atoms with Crippen molar-refractivity contribution in [2.24, 2.45) is 5.41 Å². The van der Waals surface area contributed by atoms with Crippen LogP contribution in [0.4, 0.5) is 0 Å². The van der Waals surface area contributed by atoms with Gasteiger partial charge in [-0.15, -0.1) is 0 Å². The minimum atomic E-state index is -0.0868. The standard InChI is InChI=1S/C11H21NO2/c1-4-11(5-2)7-9(12-8-11)10(13)14-6-3/h9,12H,4-8H2,1-3H3/t9-/m0/s1. The van der Waals surface area contributed by atoms with Crippen molar-refractivity contribution in [2.75, 3.05) is 13.2 Å². The number of carbonyl (C=O) groups excluding carboxylic acids is 1. The van der Waals surface area contributed by atoms with Gasteiger partial charge < -0.3 is 10.1 Å². The molecule has 0 unspecified atom stereocenters. The summed E-state index contributed by atoms with van der Waals surface area (Å²) in [6, 6.07) is -0.0742. The molecule has 82 valence electrons. The van der Waals surface area contributed by atoms with Crippen LogP contribution in [0.3, 0.4) is 0 Å². The zero-order valence-electron chi connectivity index (χ0n) is 9.43. The van der Waals surface area contributed by atoms with E-state index in [1.165, 1.54) is 0 Å². The Bertz CT molecular complexity index is 199. The molecule has 0 spiro atoms. The molecule has 0 bridgehead atoms. The van der Waals surface area contributed by atoms with Crippen LogP contribution in [0.1, 0.15) is 40.0 Å². The van der Waals surface area contributed by atoms with Crippen molar-refractivity contribution in [2.45, 2.75) is 46.1 Å². The van der Waals surface area contributed by atoms with Crippen LogP contribution >= 0.6 is 0 Å². The quantitative estimate of drug-likeness (QED) is 0.701. The van der Waals surface area contributed by atoms with Crippen molar-refractivity contribution in [1.29, 1.82) is 0 Å². The molecule has 0 aromatic rings. The van der Waals surface area contributed by atoms with Crippen LogP contribution < -0.4 is 5.32 Å². The van der Waals surface area contributed by atoms with E-state index in [1.807, 2.05) is 6.92 Å². The number of ether oxygens (including phenoxy) is 1. The minimum Gasteiger partial charge on any atom is -0.465 e. The van der Waals surface area contributed by atoms with Crippen molar-refractivity contribution in [3.8, 4) is 0 Å². The van der Waals surface area contributed by atoms with Crippen LogP contribution in [-0.2, 0) is 9.53 Å². The summed E-state index contributed by atoms with van der Waals surface area (Å²) in [7, 11) is 0. The van der Waals surface area contributed by atoms with Crippen molar-refractivity contribution >= 4 is 5.97 Å². The monoisotopic (exact) mass is 199 g/mol. The van der Waals surface area contributed by atoms with E-state index >= 15 is 0 Å². The van der Waals surface area contributed by atoms with Crippen LogP contribution in [0, 0.1) is 5.41 Å². The van der Waals surface area contributed by atoms with Gasteiger partial charge in [0.25, 0.3) is 0 Å². The second kappa shape index (κ2) is 4.78. The van der Waals surface area contributed by atoms with Gasteiger partial charge in [0.05, 0.1) is 6.61 Å². The fourth-order valence-electron chi connectivity index (χ4n) is 2.12. The largest absolute Gasteiger partial charge is 0.465 e. The van der Waals surface area contributed by atoms with Crippen LogP contribution in [0.15, 0.2) is 0 Å². The molecule has 0 aromatic carbocycles. The van der Waals surface area contributed by atoms with Gasteiger partial charge in [-0.25, -0.2) is 0 Å². The predicted octanol–water partition coefficient (Wildman–Crippen LogP) is 1.72. The Balaban J connectivity index is 2.51. The number of nitrogens with one attached hydrogen (secondary N) is 1. The summed E-state index contributed by atoms with van der Waals surface area (Å²) in [6.07, 6.45) is 3.19. The maximum atomic E-state index is 11.5. The minimum absolute atomic E-state index is 0.0742. The smallest absolute Gasteiger partial charge is 0.323 e. The first-order valence-corrected chi connectivity index (χ1v) is 5.57. The van der Waals surface area contributed by atoms with Crippen molar-refractivity contribution in [3.05, 3.63) is 0 Å². The Hall–Kier alpha value is -0.570. The Morgan fingerprint density at radius 2 is 2.07 bits per heavy atom. The second-order valence-electron chi connectivity index (χ2n) is 4.10. The van der Waals surface area contributed by atoms with Gasteiger partial charge in [-0.1, -0.05) is 13.8 Å². The average Bonchev–Trinajstić information content (AvgIpc) is 2.63. The number of rotatable bonds is 4. The van der Waals surface area contributed by atoms with Crippen molar-refractivity contribution < 1.29 is 9.53 Å². The van der Waals surface area contributed by atoms with Crippen LogP contribution in [0.2, 0.25) is 0 Å². The maximum absolute atomic E-state index is 11.5. The highest BCUT2D eigenvalue weighted by Crippen LogP contribution is 2.35. The molecule has 0 aliphatic carbocycles. The van der Waals surface area contributed by atoms with E-state index in [4.69, 9.17) is 4.74 Å². The zero-order valence-corrected chi connectivity index (χ0v) is 9.43. The molecule has 3 heteroatoms. The Morgan fingerprint density at radius 3 is 2.50 bits per heavy atom.